The highest BCUT2D eigenvalue weighted by Gasteiger charge is 2.63. The van der Waals surface area contributed by atoms with Gasteiger partial charge >= 0.3 is 0 Å². The maximum atomic E-state index is 5.96. The van der Waals surface area contributed by atoms with Gasteiger partial charge in [-0.25, -0.2) is 0 Å². The van der Waals surface area contributed by atoms with Crippen LogP contribution in [0.3, 0.4) is 0 Å². The van der Waals surface area contributed by atoms with Crippen molar-refractivity contribution >= 4 is 0 Å². The largest absolute Gasteiger partial charge is 0.373 e. The van der Waals surface area contributed by atoms with Crippen molar-refractivity contribution in [1.29, 1.82) is 0 Å². The molecule has 3 aliphatic rings. The molecule has 1 aliphatic heterocycles. The van der Waals surface area contributed by atoms with Gasteiger partial charge in [-0.3, -0.25) is 0 Å². The Balaban J connectivity index is 1.46. The molecule has 2 aliphatic carbocycles. The first kappa shape index (κ1) is 12.9. The minimum atomic E-state index is -0.0910. The van der Waals surface area contributed by atoms with Crippen LogP contribution in [0.25, 0.3) is 0 Å². The molecule has 1 spiro atoms. The Morgan fingerprint density at radius 2 is 1.94 bits per heavy atom. The van der Waals surface area contributed by atoms with Crippen molar-refractivity contribution in [2.75, 3.05) is 20.0 Å². The number of fused-ring (bicyclic) bond motifs is 2. The molecule has 1 heterocycles. The molecule has 3 rings (SSSR count). The van der Waals surface area contributed by atoms with Crippen LogP contribution in [-0.2, 0) is 18.9 Å². The number of hydrogen-bond acceptors (Lipinski definition) is 4. The third-order valence-electron chi connectivity index (χ3n) is 4.23. The van der Waals surface area contributed by atoms with Gasteiger partial charge in [0.2, 0.25) is 0 Å². The molecule has 0 aromatic carbocycles. The molecule has 0 aromatic rings. The number of ether oxygens (including phenoxy) is 4. The summed E-state index contributed by atoms with van der Waals surface area (Å²) in [7, 11) is 0. The minimum absolute atomic E-state index is 0.0910. The van der Waals surface area contributed by atoms with Gasteiger partial charge in [0.25, 0.3) is 0 Å². The van der Waals surface area contributed by atoms with Gasteiger partial charge in [0, 0.05) is 5.41 Å². The van der Waals surface area contributed by atoms with E-state index in [1.165, 1.54) is 12.8 Å². The molecule has 1 saturated heterocycles. The summed E-state index contributed by atoms with van der Waals surface area (Å²) in [6.45, 7) is 7.91. The minimum Gasteiger partial charge on any atom is -0.373 e. The van der Waals surface area contributed by atoms with E-state index in [4.69, 9.17) is 18.9 Å². The Morgan fingerprint density at radius 1 is 1.17 bits per heavy atom. The summed E-state index contributed by atoms with van der Waals surface area (Å²) in [6, 6.07) is 0. The zero-order valence-corrected chi connectivity index (χ0v) is 11.6. The monoisotopic (exact) mass is 256 g/mol. The van der Waals surface area contributed by atoms with Gasteiger partial charge in [-0.2, -0.15) is 0 Å². The quantitative estimate of drug-likeness (QED) is 0.722. The topological polar surface area (TPSA) is 36.9 Å². The van der Waals surface area contributed by atoms with Crippen molar-refractivity contribution < 1.29 is 18.9 Å². The van der Waals surface area contributed by atoms with E-state index in [-0.39, 0.29) is 23.9 Å². The Bertz CT molecular complexity index is 305. The Labute approximate surface area is 109 Å². The molecule has 18 heavy (non-hydrogen) atoms. The fourth-order valence-corrected chi connectivity index (χ4v) is 3.18. The zero-order valence-electron chi connectivity index (χ0n) is 11.6. The van der Waals surface area contributed by atoms with E-state index in [0.29, 0.717) is 25.4 Å². The van der Waals surface area contributed by atoms with E-state index in [2.05, 4.69) is 20.8 Å². The molecule has 1 unspecified atom stereocenters. The average molecular weight is 256 g/mol. The first-order valence-corrected chi connectivity index (χ1v) is 6.99. The molecular formula is C14H24O4. The summed E-state index contributed by atoms with van der Waals surface area (Å²) >= 11 is 0. The molecule has 0 amide bonds. The fourth-order valence-electron chi connectivity index (χ4n) is 3.18. The summed E-state index contributed by atoms with van der Waals surface area (Å²) < 4.78 is 23.0. The van der Waals surface area contributed by atoms with Crippen molar-refractivity contribution in [3.05, 3.63) is 0 Å². The molecule has 4 heteroatoms. The van der Waals surface area contributed by atoms with Crippen LogP contribution >= 0.6 is 0 Å². The van der Waals surface area contributed by atoms with Crippen molar-refractivity contribution in [1.82, 2.24) is 0 Å². The molecule has 0 radical (unpaired) electrons. The first-order chi connectivity index (χ1) is 8.50. The highest BCUT2D eigenvalue weighted by atomic mass is 16.7. The third kappa shape index (κ3) is 2.44. The SMILES string of the molecule is CC(C)(C)OCCOC1CC2(CC2)[C@@H]2OCO[C@H]12. The van der Waals surface area contributed by atoms with E-state index in [1.807, 2.05) is 0 Å². The maximum absolute atomic E-state index is 5.96. The van der Waals surface area contributed by atoms with Gasteiger partial charge in [-0.1, -0.05) is 0 Å². The Kier molecular flexibility index (Phi) is 3.17. The summed E-state index contributed by atoms with van der Waals surface area (Å²) in [5.41, 5.74) is 0.295. The second kappa shape index (κ2) is 4.44. The van der Waals surface area contributed by atoms with Crippen molar-refractivity contribution in [3.8, 4) is 0 Å². The number of hydrogen-bond donors (Lipinski definition) is 0. The van der Waals surface area contributed by atoms with Crippen LogP contribution in [0.4, 0.5) is 0 Å². The zero-order chi connectivity index (χ0) is 12.8. The highest BCUT2D eigenvalue weighted by molar-refractivity contribution is 5.12. The van der Waals surface area contributed by atoms with Crippen molar-refractivity contribution in [3.63, 3.8) is 0 Å². The lowest BCUT2D eigenvalue weighted by atomic mass is 10.0. The van der Waals surface area contributed by atoms with Gasteiger partial charge < -0.3 is 18.9 Å². The third-order valence-corrected chi connectivity index (χ3v) is 4.23. The van der Waals surface area contributed by atoms with Crippen molar-refractivity contribution in [2.45, 2.75) is 63.9 Å². The number of rotatable bonds is 4. The summed E-state index contributed by atoms with van der Waals surface area (Å²) in [6.07, 6.45) is 4.28. The van der Waals surface area contributed by atoms with Crippen LogP contribution in [0.15, 0.2) is 0 Å². The standard InChI is InChI=1S/C14H24O4/c1-13(2,3)18-7-6-15-10-8-14(4-5-14)12-11(10)16-9-17-12/h10-12H,4-9H2,1-3H3/t10?,11-,12-/m1/s1. The van der Waals surface area contributed by atoms with E-state index >= 15 is 0 Å². The van der Waals surface area contributed by atoms with Gasteiger partial charge in [-0.15, -0.1) is 0 Å². The molecule has 4 nitrogen and oxygen atoms in total. The first-order valence-electron chi connectivity index (χ1n) is 6.99. The Morgan fingerprint density at radius 3 is 2.61 bits per heavy atom. The molecule has 3 fully saturated rings. The van der Waals surface area contributed by atoms with E-state index in [1.54, 1.807) is 0 Å². The second-order valence-corrected chi connectivity index (χ2v) is 6.77. The lowest BCUT2D eigenvalue weighted by Crippen LogP contribution is -2.31. The average Bonchev–Trinajstić information content (AvgIpc) is 2.78. The molecule has 0 bridgehead atoms. The molecular weight excluding hydrogens is 232 g/mol. The van der Waals surface area contributed by atoms with Crippen LogP contribution in [0.2, 0.25) is 0 Å². The van der Waals surface area contributed by atoms with Crippen LogP contribution < -0.4 is 0 Å². The maximum Gasteiger partial charge on any atom is 0.147 e. The van der Waals surface area contributed by atoms with Gasteiger partial charge in [0.15, 0.2) is 0 Å². The smallest absolute Gasteiger partial charge is 0.147 e. The highest BCUT2D eigenvalue weighted by Crippen LogP contribution is 2.61. The molecule has 0 N–H and O–H groups in total. The molecule has 2 saturated carbocycles. The molecule has 3 atom stereocenters. The van der Waals surface area contributed by atoms with Gasteiger partial charge in [0.1, 0.15) is 12.9 Å². The van der Waals surface area contributed by atoms with E-state index in [0.717, 1.165) is 6.42 Å². The van der Waals surface area contributed by atoms with Gasteiger partial charge in [-0.05, 0) is 40.0 Å². The van der Waals surface area contributed by atoms with Crippen LogP contribution in [-0.4, -0.2) is 43.9 Å². The van der Waals surface area contributed by atoms with Crippen LogP contribution in [0.1, 0.15) is 40.0 Å². The molecule has 104 valence electrons. The fraction of sp³-hybridized carbons (Fsp3) is 1.00. The lowest BCUT2D eigenvalue weighted by Gasteiger charge is -2.21. The summed E-state index contributed by atoms with van der Waals surface area (Å²) in [4.78, 5) is 0. The Hall–Kier alpha value is -0.160. The molecule has 0 aromatic heterocycles. The van der Waals surface area contributed by atoms with Gasteiger partial charge in [0.05, 0.1) is 31.0 Å². The van der Waals surface area contributed by atoms with E-state index in [9.17, 15) is 0 Å². The normalized spacial score (nSPS) is 37.2. The van der Waals surface area contributed by atoms with E-state index < -0.39 is 0 Å². The summed E-state index contributed by atoms with van der Waals surface area (Å²) in [5, 5.41) is 0. The second-order valence-electron chi connectivity index (χ2n) is 6.77. The van der Waals surface area contributed by atoms with Crippen molar-refractivity contribution in [2.24, 2.45) is 5.41 Å². The van der Waals surface area contributed by atoms with Crippen LogP contribution in [0, 0.1) is 5.41 Å². The summed E-state index contributed by atoms with van der Waals surface area (Å²) in [5.74, 6) is 0. The predicted octanol–water partition coefficient (Wildman–Crippen LogP) is 2.11. The lowest BCUT2D eigenvalue weighted by molar-refractivity contribution is -0.0818. The van der Waals surface area contributed by atoms with Crippen LogP contribution in [0.5, 0.6) is 0 Å². The predicted molar refractivity (Wildman–Crippen MR) is 66.3 cm³/mol.